The molecule has 1 aromatic rings. The van der Waals surface area contributed by atoms with Gasteiger partial charge in [0.2, 0.25) is 0 Å². The molecule has 0 aliphatic heterocycles. The quantitative estimate of drug-likeness (QED) is 0.921. The van der Waals surface area contributed by atoms with Crippen molar-refractivity contribution in [3.63, 3.8) is 0 Å². The fourth-order valence-corrected chi connectivity index (χ4v) is 2.12. The number of hydrogen-bond donors (Lipinski definition) is 1. The van der Waals surface area contributed by atoms with Crippen LogP contribution in [0.2, 0.25) is 0 Å². The van der Waals surface area contributed by atoms with Crippen molar-refractivity contribution in [1.29, 1.82) is 0 Å². The first-order valence-corrected chi connectivity index (χ1v) is 6.20. The summed E-state index contributed by atoms with van der Waals surface area (Å²) in [4.78, 5) is 0. The molecule has 2 N–H and O–H groups in total. The van der Waals surface area contributed by atoms with Crippen LogP contribution < -0.4 is 15.2 Å². The van der Waals surface area contributed by atoms with Crippen molar-refractivity contribution < 1.29 is 22.6 Å². The van der Waals surface area contributed by atoms with Gasteiger partial charge in [0.1, 0.15) is 11.5 Å². The number of alkyl halides is 3. The summed E-state index contributed by atoms with van der Waals surface area (Å²) in [6, 6.07) is 5.70. The van der Waals surface area contributed by atoms with E-state index in [1.165, 1.54) is 24.3 Å². The Balaban J connectivity index is 1.88. The molecule has 1 saturated carbocycles. The zero-order valence-corrected chi connectivity index (χ0v) is 10.3. The maximum Gasteiger partial charge on any atom is 0.573 e. The predicted octanol–water partition coefficient (Wildman–Crippen LogP) is 3.23. The Morgan fingerprint density at radius 2 is 1.47 bits per heavy atom. The van der Waals surface area contributed by atoms with Crippen LogP contribution in [0.3, 0.4) is 0 Å². The molecular formula is C13H16F3NO2. The summed E-state index contributed by atoms with van der Waals surface area (Å²) < 4.78 is 45.4. The fourth-order valence-electron chi connectivity index (χ4n) is 2.12. The Morgan fingerprint density at radius 1 is 0.947 bits per heavy atom. The highest BCUT2D eigenvalue weighted by atomic mass is 19.4. The number of nitrogens with two attached hydrogens (primary N) is 1. The van der Waals surface area contributed by atoms with E-state index in [1.54, 1.807) is 0 Å². The summed E-state index contributed by atoms with van der Waals surface area (Å²) in [5, 5.41) is 0. The zero-order chi connectivity index (χ0) is 13.9. The van der Waals surface area contributed by atoms with Crippen LogP contribution in [-0.2, 0) is 0 Å². The molecular weight excluding hydrogens is 259 g/mol. The number of benzene rings is 1. The summed E-state index contributed by atoms with van der Waals surface area (Å²) in [7, 11) is 0. The highest BCUT2D eigenvalue weighted by Gasteiger charge is 2.31. The molecule has 1 aliphatic rings. The molecule has 0 bridgehead atoms. The smallest absolute Gasteiger partial charge is 0.490 e. The topological polar surface area (TPSA) is 44.5 Å². The van der Waals surface area contributed by atoms with Crippen LogP contribution in [-0.4, -0.2) is 18.5 Å². The zero-order valence-electron chi connectivity index (χ0n) is 10.3. The minimum atomic E-state index is -4.66. The number of rotatable bonds is 3. The molecule has 3 nitrogen and oxygen atoms in total. The minimum Gasteiger partial charge on any atom is -0.490 e. The van der Waals surface area contributed by atoms with Gasteiger partial charge in [-0.1, -0.05) is 0 Å². The lowest BCUT2D eigenvalue weighted by Crippen LogP contribution is -2.31. The molecule has 0 spiro atoms. The number of ether oxygens (including phenoxy) is 2. The van der Waals surface area contributed by atoms with E-state index in [-0.39, 0.29) is 17.9 Å². The normalized spacial score (nSPS) is 24.0. The van der Waals surface area contributed by atoms with Gasteiger partial charge in [0.05, 0.1) is 6.10 Å². The molecule has 1 fully saturated rings. The second-order valence-electron chi connectivity index (χ2n) is 4.67. The summed E-state index contributed by atoms with van der Waals surface area (Å²) in [5.74, 6) is 0.306. The van der Waals surface area contributed by atoms with Gasteiger partial charge >= 0.3 is 6.36 Å². The van der Waals surface area contributed by atoms with Crippen LogP contribution in [0.4, 0.5) is 13.2 Å². The third kappa shape index (κ3) is 4.63. The van der Waals surface area contributed by atoms with E-state index in [9.17, 15) is 13.2 Å². The summed E-state index contributed by atoms with van der Waals surface area (Å²) in [5.41, 5.74) is 5.79. The van der Waals surface area contributed by atoms with Crippen LogP contribution in [0.25, 0.3) is 0 Å². The summed E-state index contributed by atoms with van der Waals surface area (Å²) in [6.45, 7) is 0. The first-order valence-electron chi connectivity index (χ1n) is 6.20. The summed E-state index contributed by atoms with van der Waals surface area (Å²) in [6.07, 6.45) is -0.986. The van der Waals surface area contributed by atoms with E-state index in [2.05, 4.69) is 4.74 Å². The van der Waals surface area contributed by atoms with Gasteiger partial charge in [-0.05, 0) is 49.9 Å². The van der Waals surface area contributed by atoms with E-state index in [4.69, 9.17) is 10.5 Å². The maximum absolute atomic E-state index is 12.0. The van der Waals surface area contributed by atoms with Crippen molar-refractivity contribution in [2.45, 2.75) is 44.2 Å². The first kappa shape index (κ1) is 14.0. The molecule has 2 rings (SSSR count). The maximum atomic E-state index is 12.0. The molecule has 0 saturated heterocycles. The van der Waals surface area contributed by atoms with Gasteiger partial charge in [0.25, 0.3) is 0 Å². The largest absolute Gasteiger partial charge is 0.573 e. The number of halogens is 3. The van der Waals surface area contributed by atoms with Crippen molar-refractivity contribution in [2.24, 2.45) is 5.73 Å². The van der Waals surface area contributed by atoms with Gasteiger partial charge in [0, 0.05) is 6.04 Å². The SMILES string of the molecule is NC1CCC(Oc2ccc(OC(F)(F)F)cc2)CC1. The Kier molecular flexibility index (Phi) is 4.19. The average molecular weight is 275 g/mol. The third-order valence-electron chi connectivity index (χ3n) is 3.08. The van der Waals surface area contributed by atoms with Crippen LogP contribution >= 0.6 is 0 Å². The predicted molar refractivity (Wildman–Crippen MR) is 64.0 cm³/mol. The van der Waals surface area contributed by atoms with Crippen molar-refractivity contribution in [3.8, 4) is 11.5 Å². The van der Waals surface area contributed by atoms with E-state index in [0.29, 0.717) is 5.75 Å². The standard InChI is InChI=1S/C13H16F3NO2/c14-13(15,16)19-12-7-5-11(6-8-12)18-10-3-1-9(17)2-4-10/h5-10H,1-4,17H2. The van der Waals surface area contributed by atoms with Crippen molar-refractivity contribution in [3.05, 3.63) is 24.3 Å². The molecule has 0 amide bonds. The van der Waals surface area contributed by atoms with Gasteiger partial charge in [-0.3, -0.25) is 0 Å². The molecule has 0 unspecified atom stereocenters. The van der Waals surface area contributed by atoms with E-state index < -0.39 is 6.36 Å². The highest BCUT2D eigenvalue weighted by Crippen LogP contribution is 2.27. The van der Waals surface area contributed by atoms with Crippen molar-refractivity contribution >= 4 is 0 Å². The molecule has 19 heavy (non-hydrogen) atoms. The Morgan fingerprint density at radius 3 is 2.00 bits per heavy atom. The van der Waals surface area contributed by atoms with Gasteiger partial charge in [-0.15, -0.1) is 13.2 Å². The average Bonchev–Trinajstić information content (AvgIpc) is 2.33. The monoisotopic (exact) mass is 275 g/mol. The van der Waals surface area contributed by atoms with E-state index in [1.807, 2.05) is 0 Å². The second kappa shape index (κ2) is 5.69. The summed E-state index contributed by atoms with van der Waals surface area (Å²) >= 11 is 0. The number of hydrogen-bond acceptors (Lipinski definition) is 3. The highest BCUT2D eigenvalue weighted by molar-refractivity contribution is 5.31. The third-order valence-corrected chi connectivity index (χ3v) is 3.08. The molecule has 106 valence electrons. The molecule has 0 atom stereocenters. The van der Waals surface area contributed by atoms with Gasteiger partial charge in [-0.2, -0.15) is 0 Å². The Hall–Kier alpha value is -1.43. The fraction of sp³-hybridized carbons (Fsp3) is 0.538. The molecule has 0 heterocycles. The van der Waals surface area contributed by atoms with Crippen LogP contribution in [0.15, 0.2) is 24.3 Å². The molecule has 0 radical (unpaired) electrons. The van der Waals surface area contributed by atoms with Crippen LogP contribution in [0.1, 0.15) is 25.7 Å². The molecule has 1 aliphatic carbocycles. The van der Waals surface area contributed by atoms with E-state index in [0.717, 1.165) is 25.7 Å². The lowest BCUT2D eigenvalue weighted by atomic mass is 9.94. The van der Waals surface area contributed by atoms with Gasteiger partial charge < -0.3 is 15.2 Å². The van der Waals surface area contributed by atoms with E-state index >= 15 is 0 Å². The molecule has 6 heteroatoms. The lowest BCUT2D eigenvalue weighted by Gasteiger charge is -2.26. The first-order chi connectivity index (χ1) is 8.92. The minimum absolute atomic E-state index is 0.0918. The van der Waals surface area contributed by atoms with Crippen molar-refractivity contribution in [1.82, 2.24) is 0 Å². The van der Waals surface area contributed by atoms with Crippen molar-refractivity contribution in [2.75, 3.05) is 0 Å². The van der Waals surface area contributed by atoms with Gasteiger partial charge in [-0.25, -0.2) is 0 Å². The molecule has 1 aromatic carbocycles. The molecule has 0 aromatic heterocycles. The Bertz CT molecular complexity index is 397. The van der Waals surface area contributed by atoms with Crippen LogP contribution in [0.5, 0.6) is 11.5 Å². The Labute approximate surface area is 109 Å². The van der Waals surface area contributed by atoms with Crippen LogP contribution in [0, 0.1) is 0 Å². The lowest BCUT2D eigenvalue weighted by molar-refractivity contribution is -0.274. The van der Waals surface area contributed by atoms with Gasteiger partial charge in [0.15, 0.2) is 0 Å². The second-order valence-corrected chi connectivity index (χ2v) is 4.67.